The van der Waals surface area contributed by atoms with Gasteiger partial charge in [-0.1, -0.05) is 0 Å². The highest BCUT2D eigenvalue weighted by Gasteiger charge is 2.46. The Morgan fingerprint density at radius 1 is 1.35 bits per heavy atom. The van der Waals surface area contributed by atoms with Gasteiger partial charge in [-0.15, -0.1) is 11.3 Å². The summed E-state index contributed by atoms with van der Waals surface area (Å²) >= 11 is 1.66. The minimum Gasteiger partial charge on any atom is -0.342 e. The Hall–Kier alpha value is -1.47. The Morgan fingerprint density at radius 2 is 2.17 bits per heavy atom. The molecule has 2 saturated heterocycles. The number of thiazole rings is 1. The minimum absolute atomic E-state index is 0.0999. The molecule has 0 N–H and O–H groups in total. The van der Waals surface area contributed by atoms with Crippen molar-refractivity contribution >= 4 is 23.2 Å². The third kappa shape index (κ3) is 3.55. The lowest BCUT2D eigenvalue weighted by molar-refractivity contribution is -0.130. The lowest BCUT2D eigenvalue weighted by Crippen LogP contribution is -2.43. The van der Waals surface area contributed by atoms with Crippen molar-refractivity contribution in [2.45, 2.75) is 26.8 Å². The number of hydrogen-bond donors (Lipinski definition) is 0. The Balaban J connectivity index is 1.80. The monoisotopic (exact) mass is 336 g/mol. The molecular formula is C16H24N4O2S. The molecule has 0 aromatic carbocycles. The zero-order chi connectivity index (χ0) is 16.4. The molecule has 0 radical (unpaired) electrons. The SMILES string of the molecule is CCN1C[C@]2(CC1=O)CN(Cc1nccs1)CCN(C(C)=O)C2. The van der Waals surface area contributed by atoms with Crippen molar-refractivity contribution in [3.8, 4) is 0 Å². The van der Waals surface area contributed by atoms with E-state index in [2.05, 4.69) is 9.88 Å². The number of amides is 2. The first-order chi connectivity index (χ1) is 11.0. The number of carbonyl (C=O) groups excluding carboxylic acids is 2. The number of likely N-dealkylation sites (tertiary alicyclic amines) is 1. The molecule has 2 aliphatic rings. The highest BCUT2D eigenvalue weighted by molar-refractivity contribution is 7.09. The molecule has 0 unspecified atom stereocenters. The average Bonchev–Trinajstić information content (AvgIpc) is 3.06. The molecule has 7 heteroatoms. The number of rotatable bonds is 3. The van der Waals surface area contributed by atoms with Gasteiger partial charge in [0.25, 0.3) is 0 Å². The largest absolute Gasteiger partial charge is 0.342 e. The van der Waals surface area contributed by atoms with Gasteiger partial charge in [0.1, 0.15) is 5.01 Å². The maximum Gasteiger partial charge on any atom is 0.223 e. The third-order valence-electron chi connectivity index (χ3n) is 4.85. The van der Waals surface area contributed by atoms with Crippen LogP contribution < -0.4 is 0 Å². The first kappa shape index (κ1) is 16.4. The first-order valence-electron chi connectivity index (χ1n) is 8.15. The lowest BCUT2D eigenvalue weighted by Gasteiger charge is -2.33. The third-order valence-corrected chi connectivity index (χ3v) is 5.61. The Morgan fingerprint density at radius 3 is 2.78 bits per heavy atom. The molecule has 0 bridgehead atoms. The van der Waals surface area contributed by atoms with Crippen molar-refractivity contribution in [3.63, 3.8) is 0 Å². The van der Waals surface area contributed by atoms with Gasteiger partial charge in [-0.05, 0) is 6.92 Å². The van der Waals surface area contributed by atoms with E-state index in [0.717, 1.165) is 44.3 Å². The first-order valence-corrected chi connectivity index (χ1v) is 9.03. The second kappa shape index (κ2) is 6.57. The number of aromatic nitrogens is 1. The maximum absolute atomic E-state index is 12.3. The average molecular weight is 336 g/mol. The molecule has 2 aliphatic heterocycles. The van der Waals surface area contributed by atoms with Crippen LogP contribution in [0, 0.1) is 5.41 Å². The molecule has 1 atom stereocenters. The van der Waals surface area contributed by atoms with Crippen LogP contribution in [0.2, 0.25) is 0 Å². The van der Waals surface area contributed by atoms with Crippen molar-refractivity contribution < 1.29 is 9.59 Å². The summed E-state index contributed by atoms with van der Waals surface area (Å²) < 4.78 is 0. The van der Waals surface area contributed by atoms with Gasteiger partial charge < -0.3 is 9.80 Å². The fourth-order valence-electron chi connectivity index (χ4n) is 3.76. The second-order valence-electron chi connectivity index (χ2n) is 6.66. The molecule has 1 spiro atoms. The summed E-state index contributed by atoms with van der Waals surface area (Å²) in [4.78, 5) is 34.8. The molecule has 126 valence electrons. The Bertz CT molecular complexity index is 577. The lowest BCUT2D eigenvalue weighted by atomic mass is 9.86. The highest BCUT2D eigenvalue weighted by Crippen LogP contribution is 2.35. The molecule has 6 nitrogen and oxygen atoms in total. The van der Waals surface area contributed by atoms with E-state index in [1.807, 2.05) is 28.3 Å². The van der Waals surface area contributed by atoms with E-state index < -0.39 is 0 Å². The van der Waals surface area contributed by atoms with Crippen molar-refractivity contribution in [2.75, 3.05) is 39.3 Å². The smallest absolute Gasteiger partial charge is 0.223 e. The van der Waals surface area contributed by atoms with E-state index in [-0.39, 0.29) is 17.2 Å². The van der Waals surface area contributed by atoms with E-state index in [4.69, 9.17) is 0 Å². The second-order valence-corrected chi connectivity index (χ2v) is 7.64. The normalized spacial score (nSPS) is 26.1. The van der Waals surface area contributed by atoms with Gasteiger partial charge in [0, 0.05) is 69.6 Å². The molecule has 0 aliphatic carbocycles. The molecule has 2 fully saturated rings. The van der Waals surface area contributed by atoms with Crippen LogP contribution in [0.4, 0.5) is 0 Å². The number of hydrogen-bond acceptors (Lipinski definition) is 5. The predicted molar refractivity (Wildman–Crippen MR) is 88.9 cm³/mol. The van der Waals surface area contributed by atoms with E-state index >= 15 is 0 Å². The van der Waals surface area contributed by atoms with Crippen LogP contribution >= 0.6 is 11.3 Å². The quantitative estimate of drug-likeness (QED) is 0.828. The summed E-state index contributed by atoms with van der Waals surface area (Å²) in [5.74, 6) is 0.315. The molecule has 23 heavy (non-hydrogen) atoms. The minimum atomic E-state index is -0.146. The van der Waals surface area contributed by atoms with Crippen LogP contribution in [-0.2, 0) is 16.1 Å². The van der Waals surface area contributed by atoms with Crippen molar-refractivity contribution in [1.29, 1.82) is 0 Å². The van der Waals surface area contributed by atoms with Gasteiger partial charge in [-0.3, -0.25) is 14.5 Å². The van der Waals surface area contributed by atoms with Crippen LogP contribution in [0.25, 0.3) is 0 Å². The molecule has 3 rings (SSSR count). The highest BCUT2D eigenvalue weighted by atomic mass is 32.1. The summed E-state index contributed by atoms with van der Waals surface area (Å²) in [6.45, 7) is 9.02. The molecule has 3 heterocycles. The fraction of sp³-hybridized carbons (Fsp3) is 0.688. The maximum atomic E-state index is 12.3. The van der Waals surface area contributed by atoms with Crippen molar-refractivity contribution in [1.82, 2.24) is 19.7 Å². The van der Waals surface area contributed by atoms with Crippen LogP contribution in [0.3, 0.4) is 0 Å². The summed E-state index contributed by atoms with van der Waals surface area (Å²) in [5, 5.41) is 3.08. The van der Waals surface area contributed by atoms with E-state index in [1.54, 1.807) is 18.3 Å². The van der Waals surface area contributed by atoms with Crippen molar-refractivity contribution in [2.24, 2.45) is 5.41 Å². The zero-order valence-corrected chi connectivity index (χ0v) is 14.6. The summed E-state index contributed by atoms with van der Waals surface area (Å²) in [7, 11) is 0. The zero-order valence-electron chi connectivity index (χ0n) is 13.8. The molecule has 2 amide bonds. The van der Waals surface area contributed by atoms with Gasteiger partial charge in [-0.25, -0.2) is 4.98 Å². The van der Waals surface area contributed by atoms with E-state index in [0.29, 0.717) is 13.0 Å². The van der Waals surface area contributed by atoms with E-state index in [1.165, 1.54) is 0 Å². The van der Waals surface area contributed by atoms with Gasteiger partial charge in [-0.2, -0.15) is 0 Å². The molecule has 0 saturated carbocycles. The molecule has 1 aromatic heterocycles. The van der Waals surface area contributed by atoms with Crippen molar-refractivity contribution in [3.05, 3.63) is 16.6 Å². The summed E-state index contributed by atoms with van der Waals surface area (Å²) in [5.41, 5.74) is -0.146. The van der Waals surface area contributed by atoms with Gasteiger partial charge >= 0.3 is 0 Å². The van der Waals surface area contributed by atoms with Crippen LogP contribution in [0.5, 0.6) is 0 Å². The van der Waals surface area contributed by atoms with Gasteiger partial charge in [0.2, 0.25) is 11.8 Å². The van der Waals surface area contributed by atoms with Crippen LogP contribution in [0.15, 0.2) is 11.6 Å². The standard InChI is InChI=1S/C16H24N4O2S/c1-3-19-11-16(8-15(19)22)10-18(9-14-17-4-7-23-14)5-6-20(12-16)13(2)21/h4,7H,3,5-6,8-12H2,1-2H3/t16-/m0/s1. The number of carbonyl (C=O) groups is 2. The van der Waals surface area contributed by atoms with Gasteiger partial charge in [0.05, 0.1) is 6.54 Å². The molecule has 1 aromatic rings. The van der Waals surface area contributed by atoms with E-state index in [9.17, 15) is 9.59 Å². The number of nitrogens with zero attached hydrogens (tertiary/aromatic N) is 4. The Kier molecular flexibility index (Phi) is 4.68. The summed E-state index contributed by atoms with van der Waals surface area (Å²) in [6, 6.07) is 0. The fourth-order valence-corrected chi connectivity index (χ4v) is 4.41. The predicted octanol–water partition coefficient (Wildman–Crippen LogP) is 1.05. The Labute approximate surface area is 141 Å². The van der Waals surface area contributed by atoms with Gasteiger partial charge in [0.15, 0.2) is 0 Å². The van der Waals surface area contributed by atoms with Crippen LogP contribution in [0.1, 0.15) is 25.3 Å². The van der Waals surface area contributed by atoms with Crippen LogP contribution in [-0.4, -0.2) is 70.8 Å². The molecular weight excluding hydrogens is 312 g/mol. The topological polar surface area (TPSA) is 56.8 Å². The summed E-state index contributed by atoms with van der Waals surface area (Å²) in [6.07, 6.45) is 2.37.